The number of aliphatic imine (C=N–C) groups is 1. The van der Waals surface area contributed by atoms with E-state index in [1.54, 1.807) is 7.11 Å². The van der Waals surface area contributed by atoms with Gasteiger partial charge in [-0.3, -0.25) is 0 Å². The smallest absolute Gasteiger partial charge is 0.213 e. The molecule has 1 aliphatic rings. The maximum Gasteiger partial charge on any atom is 0.213 e. The number of methoxy groups -OCH3 is 1. The van der Waals surface area contributed by atoms with Crippen molar-refractivity contribution in [3.63, 3.8) is 0 Å². The molecule has 1 N–H and O–H groups in total. The van der Waals surface area contributed by atoms with E-state index < -0.39 is 0 Å². The number of nitrogens with zero attached hydrogens (tertiary/aromatic N) is 1. The zero-order valence-electron chi connectivity index (χ0n) is 9.14. The van der Waals surface area contributed by atoms with Crippen LogP contribution in [0.4, 0.5) is 0 Å². The normalized spacial score (nSPS) is 17.9. The summed E-state index contributed by atoms with van der Waals surface area (Å²) >= 11 is 0. The first-order valence-corrected chi connectivity index (χ1v) is 4.49. The van der Waals surface area contributed by atoms with E-state index in [2.05, 4.69) is 16.9 Å². The van der Waals surface area contributed by atoms with Crippen LogP contribution in [0.3, 0.4) is 0 Å². The van der Waals surface area contributed by atoms with E-state index >= 15 is 0 Å². The van der Waals surface area contributed by atoms with E-state index in [-0.39, 0.29) is 0 Å². The van der Waals surface area contributed by atoms with Gasteiger partial charge in [0.05, 0.1) is 7.11 Å². The highest BCUT2D eigenvalue weighted by atomic mass is 16.5. The zero-order valence-corrected chi connectivity index (χ0v) is 9.14. The molecule has 0 amide bonds. The molecule has 0 aromatic heterocycles. The molecule has 0 radical (unpaired) electrons. The lowest BCUT2D eigenvalue weighted by Crippen LogP contribution is -2.16. The van der Waals surface area contributed by atoms with Crippen LogP contribution in [0.1, 0.15) is 20.8 Å². The van der Waals surface area contributed by atoms with Crippen LogP contribution in [-0.2, 0) is 4.74 Å². The summed E-state index contributed by atoms with van der Waals surface area (Å²) in [6.07, 6.45) is 1.96. The Morgan fingerprint density at radius 2 is 2.14 bits per heavy atom. The molecule has 0 aromatic carbocycles. The zero-order chi connectivity index (χ0) is 10.7. The van der Waals surface area contributed by atoms with Gasteiger partial charge in [-0.05, 0) is 32.4 Å². The number of amidine groups is 1. The average Bonchev–Trinajstić information content (AvgIpc) is 2.40. The summed E-state index contributed by atoms with van der Waals surface area (Å²) < 4.78 is 5.15. The third-order valence-electron chi connectivity index (χ3n) is 1.84. The van der Waals surface area contributed by atoms with Crippen LogP contribution in [0.2, 0.25) is 0 Å². The molecule has 3 heteroatoms. The van der Waals surface area contributed by atoms with Gasteiger partial charge in [-0.15, -0.1) is 0 Å². The van der Waals surface area contributed by atoms with Crippen LogP contribution >= 0.6 is 0 Å². The molecule has 0 saturated carbocycles. The van der Waals surface area contributed by atoms with Crippen LogP contribution in [-0.4, -0.2) is 12.9 Å². The van der Waals surface area contributed by atoms with Crippen LogP contribution in [0.15, 0.2) is 40.4 Å². The van der Waals surface area contributed by atoms with Crippen molar-refractivity contribution in [3.05, 3.63) is 35.4 Å². The lowest BCUT2D eigenvalue weighted by Gasteiger charge is -2.05. The summed E-state index contributed by atoms with van der Waals surface area (Å²) in [4.78, 5) is 4.34. The van der Waals surface area contributed by atoms with Gasteiger partial charge in [-0.2, -0.15) is 4.99 Å². The molecule has 1 heterocycles. The van der Waals surface area contributed by atoms with Crippen molar-refractivity contribution in [3.8, 4) is 0 Å². The maximum atomic E-state index is 5.15. The van der Waals surface area contributed by atoms with Gasteiger partial charge in [-0.1, -0.05) is 6.58 Å². The van der Waals surface area contributed by atoms with E-state index in [0.29, 0.717) is 5.88 Å². The van der Waals surface area contributed by atoms with Crippen molar-refractivity contribution in [1.29, 1.82) is 0 Å². The van der Waals surface area contributed by atoms with E-state index in [9.17, 15) is 0 Å². The van der Waals surface area contributed by atoms with Crippen molar-refractivity contribution >= 4 is 5.84 Å². The highest BCUT2D eigenvalue weighted by Crippen LogP contribution is 2.13. The van der Waals surface area contributed by atoms with Crippen LogP contribution in [0.5, 0.6) is 0 Å². The van der Waals surface area contributed by atoms with Gasteiger partial charge >= 0.3 is 0 Å². The lowest BCUT2D eigenvalue weighted by molar-refractivity contribution is 0.283. The Morgan fingerprint density at radius 3 is 2.50 bits per heavy atom. The summed E-state index contributed by atoms with van der Waals surface area (Å²) in [6.45, 7) is 9.78. The fourth-order valence-corrected chi connectivity index (χ4v) is 1.20. The molecule has 0 bridgehead atoms. The third kappa shape index (κ3) is 2.25. The van der Waals surface area contributed by atoms with Crippen molar-refractivity contribution < 1.29 is 4.74 Å². The molecule has 0 spiro atoms. The number of rotatable bonds is 2. The topological polar surface area (TPSA) is 33.6 Å². The summed E-state index contributed by atoms with van der Waals surface area (Å²) in [7, 11) is 1.62. The fraction of sp³-hybridized carbons (Fsp3) is 0.364. The Balaban J connectivity index is 2.91. The number of allylic oxidation sites excluding steroid dienone is 2. The molecule has 0 unspecified atom stereocenters. The van der Waals surface area contributed by atoms with Crippen molar-refractivity contribution in [2.75, 3.05) is 7.11 Å². The molecule has 3 nitrogen and oxygen atoms in total. The standard InChI is InChI=1S/C11H16N2O/c1-7(2)11(14-5)13-10-8(3)6-9(4)12-10/h6H,3H2,1-2,4-5H3,(H,12,13). The Morgan fingerprint density at radius 1 is 1.50 bits per heavy atom. The van der Waals surface area contributed by atoms with Gasteiger partial charge < -0.3 is 10.1 Å². The second-order valence-corrected chi connectivity index (χ2v) is 3.45. The Labute approximate surface area is 84.9 Å². The van der Waals surface area contributed by atoms with Crippen LogP contribution < -0.4 is 5.32 Å². The SMILES string of the molecule is C=C1C=C(C)N/C1=N/C(OC)=C(C)C. The molecule has 1 rings (SSSR count). The maximum absolute atomic E-state index is 5.15. The highest BCUT2D eigenvalue weighted by molar-refractivity contribution is 6.04. The largest absolute Gasteiger partial charge is 0.481 e. The quantitative estimate of drug-likeness (QED) is 0.681. The van der Waals surface area contributed by atoms with E-state index in [1.165, 1.54) is 0 Å². The minimum Gasteiger partial charge on any atom is -0.481 e. The molecular weight excluding hydrogens is 176 g/mol. The third-order valence-corrected chi connectivity index (χ3v) is 1.84. The number of ether oxygens (including phenoxy) is 1. The molecule has 14 heavy (non-hydrogen) atoms. The second-order valence-electron chi connectivity index (χ2n) is 3.45. The number of hydrogen-bond acceptors (Lipinski definition) is 2. The van der Waals surface area contributed by atoms with Crippen molar-refractivity contribution in [2.24, 2.45) is 4.99 Å². The second kappa shape index (κ2) is 4.13. The molecule has 0 saturated heterocycles. The summed E-state index contributed by atoms with van der Waals surface area (Å²) in [5, 5.41) is 3.12. The Kier molecular flexibility index (Phi) is 3.12. The van der Waals surface area contributed by atoms with E-state index in [4.69, 9.17) is 4.74 Å². The molecule has 0 aromatic rings. The minimum absolute atomic E-state index is 0.636. The van der Waals surface area contributed by atoms with Crippen LogP contribution in [0.25, 0.3) is 0 Å². The monoisotopic (exact) mass is 192 g/mol. The number of hydrogen-bond donors (Lipinski definition) is 1. The highest BCUT2D eigenvalue weighted by Gasteiger charge is 2.11. The first-order chi connectivity index (χ1) is 6.54. The average molecular weight is 192 g/mol. The van der Waals surface area contributed by atoms with E-state index in [0.717, 1.165) is 22.7 Å². The Bertz CT molecular complexity index is 344. The first kappa shape index (κ1) is 10.6. The Hall–Kier alpha value is -1.51. The lowest BCUT2D eigenvalue weighted by atomic mass is 10.3. The molecular formula is C11H16N2O. The molecule has 0 aliphatic carbocycles. The molecule has 0 atom stereocenters. The van der Waals surface area contributed by atoms with Crippen molar-refractivity contribution in [1.82, 2.24) is 5.32 Å². The summed E-state index contributed by atoms with van der Waals surface area (Å²) in [5.74, 6) is 1.40. The number of nitrogens with one attached hydrogen (secondary N) is 1. The predicted molar refractivity (Wildman–Crippen MR) is 58.9 cm³/mol. The van der Waals surface area contributed by atoms with Gasteiger partial charge in [0, 0.05) is 11.3 Å². The fourth-order valence-electron chi connectivity index (χ4n) is 1.20. The van der Waals surface area contributed by atoms with Crippen molar-refractivity contribution in [2.45, 2.75) is 20.8 Å². The molecule has 76 valence electrons. The molecule has 0 fully saturated rings. The van der Waals surface area contributed by atoms with Gasteiger partial charge in [0.2, 0.25) is 5.88 Å². The van der Waals surface area contributed by atoms with Gasteiger partial charge in [-0.25, -0.2) is 0 Å². The summed E-state index contributed by atoms with van der Waals surface area (Å²) in [5.41, 5.74) is 2.98. The first-order valence-electron chi connectivity index (χ1n) is 4.49. The summed E-state index contributed by atoms with van der Waals surface area (Å²) in [6, 6.07) is 0. The van der Waals surface area contributed by atoms with Crippen LogP contribution in [0, 0.1) is 0 Å². The van der Waals surface area contributed by atoms with E-state index in [1.807, 2.05) is 26.8 Å². The van der Waals surface area contributed by atoms with Gasteiger partial charge in [0.1, 0.15) is 5.84 Å². The van der Waals surface area contributed by atoms with Gasteiger partial charge in [0.25, 0.3) is 0 Å². The van der Waals surface area contributed by atoms with Gasteiger partial charge in [0.15, 0.2) is 0 Å². The minimum atomic E-state index is 0.636. The molecule has 1 aliphatic heterocycles. The predicted octanol–water partition coefficient (Wildman–Crippen LogP) is 2.35.